The normalized spacial score (nSPS) is 13.3. The van der Waals surface area contributed by atoms with Crippen LogP contribution in [0.1, 0.15) is 36.8 Å². The molecule has 40 heavy (non-hydrogen) atoms. The first kappa shape index (κ1) is 33.2. The molecule has 0 aliphatic heterocycles. The average Bonchev–Trinajstić information content (AvgIpc) is 2.90. The second kappa shape index (κ2) is 18.4. The number of nitrogens with zero attached hydrogens (tertiary/aromatic N) is 1. The minimum absolute atomic E-state index is 0.0273. The Morgan fingerprint density at radius 1 is 1.18 bits per heavy atom. The van der Waals surface area contributed by atoms with Gasteiger partial charge in [-0.05, 0) is 75.4 Å². The van der Waals surface area contributed by atoms with Crippen molar-refractivity contribution in [2.45, 2.75) is 45.1 Å². The van der Waals surface area contributed by atoms with Crippen molar-refractivity contribution in [1.29, 1.82) is 0 Å². The third kappa shape index (κ3) is 12.0. The standard InChI is InChI=1S/C23H35ClN4O4.C7H7F/c1-25-16-21(30)26-10-4-7-17-8-9-19(24)15-20(17)32-14-11-27-22(18-5-3-6-18)23(31)28(2)12-13-29;1-6-2-4-7(8)5-3-6/h8-9,13,15,18,22,25,27H,3-7,10-12,14,16H2,1-2H3,(H,26,30);2-5H,1H3. The van der Waals surface area contributed by atoms with E-state index in [9.17, 15) is 18.8 Å². The Balaban J connectivity index is 0.000000598. The van der Waals surface area contributed by atoms with Gasteiger partial charge in [0.05, 0.1) is 19.1 Å². The van der Waals surface area contributed by atoms with Gasteiger partial charge in [-0.15, -0.1) is 0 Å². The van der Waals surface area contributed by atoms with Crippen LogP contribution >= 0.6 is 11.6 Å². The van der Waals surface area contributed by atoms with Gasteiger partial charge in [-0.25, -0.2) is 4.39 Å². The zero-order valence-corrected chi connectivity index (χ0v) is 24.4. The van der Waals surface area contributed by atoms with Gasteiger partial charge in [-0.1, -0.05) is 41.8 Å². The maximum absolute atomic E-state index is 12.7. The molecule has 1 fully saturated rings. The predicted molar refractivity (Wildman–Crippen MR) is 156 cm³/mol. The monoisotopic (exact) mass is 576 g/mol. The van der Waals surface area contributed by atoms with Crippen LogP contribution in [0, 0.1) is 18.7 Å². The lowest BCUT2D eigenvalue weighted by Crippen LogP contribution is -2.52. The number of halogens is 2. The topological polar surface area (TPSA) is 99.8 Å². The molecule has 0 saturated heterocycles. The van der Waals surface area contributed by atoms with Crippen LogP contribution in [-0.4, -0.2) is 75.9 Å². The summed E-state index contributed by atoms with van der Waals surface area (Å²) in [5.41, 5.74) is 2.11. The van der Waals surface area contributed by atoms with E-state index in [0.717, 1.165) is 49.5 Å². The number of rotatable bonds is 15. The third-order valence-corrected chi connectivity index (χ3v) is 6.89. The Morgan fingerprint density at radius 2 is 1.90 bits per heavy atom. The van der Waals surface area contributed by atoms with Crippen LogP contribution < -0.4 is 20.7 Å². The maximum Gasteiger partial charge on any atom is 0.240 e. The maximum atomic E-state index is 12.7. The van der Waals surface area contributed by atoms with Crippen LogP contribution in [0.25, 0.3) is 0 Å². The molecule has 3 rings (SSSR count). The fourth-order valence-electron chi connectivity index (χ4n) is 4.18. The first-order valence-electron chi connectivity index (χ1n) is 13.7. The molecule has 1 aliphatic carbocycles. The van der Waals surface area contributed by atoms with Gasteiger partial charge < -0.3 is 30.4 Å². The first-order valence-corrected chi connectivity index (χ1v) is 14.1. The Bertz CT molecular complexity index is 1050. The fourth-order valence-corrected chi connectivity index (χ4v) is 4.34. The number of nitrogens with one attached hydrogen (secondary N) is 3. The molecule has 220 valence electrons. The SMILES string of the molecule is CNCC(=O)NCCCc1ccc(Cl)cc1OCCNC(C(=O)N(C)CC=O)C1CCC1.Cc1ccc(F)cc1. The molecule has 1 saturated carbocycles. The summed E-state index contributed by atoms with van der Waals surface area (Å²) in [6, 6.07) is 11.7. The highest BCUT2D eigenvalue weighted by molar-refractivity contribution is 6.30. The number of carbonyl (C=O) groups is 3. The summed E-state index contributed by atoms with van der Waals surface area (Å²) in [5.74, 6) is 0.767. The predicted octanol–water partition coefficient (Wildman–Crippen LogP) is 3.54. The van der Waals surface area contributed by atoms with Gasteiger partial charge in [0, 0.05) is 25.2 Å². The summed E-state index contributed by atoms with van der Waals surface area (Å²) in [4.78, 5) is 36.4. The molecule has 1 unspecified atom stereocenters. The second-order valence-electron chi connectivity index (χ2n) is 9.89. The summed E-state index contributed by atoms with van der Waals surface area (Å²) in [7, 11) is 3.39. The molecule has 0 radical (unpaired) electrons. The van der Waals surface area contributed by atoms with Crippen LogP contribution in [0.4, 0.5) is 4.39 Å². The first-order chi connectivity index (χ1) is 19.2. The fraction of sp³-hybridized carbons (Fsp3) is 0.500. The van der Waals surface area contributed by atoms with E-state index in [1.165, 1.54) is 17.0 Å². The third-order valence-electron chi connectivity index (χ3n) is 6.66. The number of aldehydes is 1. The number of likely N-dealkylation sites (N-methyl/N-ethyl adjacent to an activating group) is 2. The molecular weight excluding hydrogens is 535 g/mol. The van der Waals surface area contributed by atoms with Gasteiger partial charge >= 0.3 is 0 Å². The van der Waals surface area contributed by atoms with Crippen LogP contribution in [0.5, 0.6) is 5.75 Å². The van der Waals surface area contributed by atoms with E-state index in [2.05, 4.69) is 16.0 Å². The highest BCUT2D eigenvalue weighted by Gasteiger charge is 2.33. The Morgan fingerprint density at radius 3 is 2.50 bits per heavy atom. The quantitative estimate of drug-likeness (QED) is 0.222. The molecule has 8 nitrogen and oxygen atoms in total. The minimum atomic E-state index is -0.294. The van der Waals surface area contributed by atoms with Gasteiger partial charge in [0.1, 0.15) is 24.5 Å². The van der Waals surface area contributed by atoms with Crippen molar-refractivity contribution in [3.05, 3.63) is 64.4 Å². The van der Waals surface area contributed by atoms with Gasteiger partial charge in [-0.3, -0.25) is 9.59 Å². The lowest BCUT2D eigenvalue weighted by atomic mass is 9.79. The molecule has 1 aliphatic rings. The number of benzene rings is 2. The number of hydrogen-bond acceptors (Lipinski definition) is 6. The number of hydrogen-bond donors (Lipinski definition) is 3. The van der Waals surface area contributed by atoms with E-state index in [1.54, 1.807) is 32.3 Å². The Kier molecular flexibility index (Phi) is 15.2. The van der Waals surface area contributed by atoms with Gasteiger partial charge in [-0.2, -0.15) is 0 Å². The van der Waals surface area contributed by atoms with Crippen molar-refractivity contribution in [3.8, 4) is 5.75 Å². The number of aryl methyl sites for hydroxylation is 2. The van der Waals surface area contributed by atoms with Crippen LogP contribution in [0.2, 0.25) is 5.02 Å². The summed E-state index contributed by atoms with van der Waals surface area (Å²) >= 11 is 6.15. The molecule has 1 atom stereocenters. The molecule has 0 aromatic heterocycles. The van der Waals surface area contributed by atoms with E-state index in [0.29, 0.717) is 42.9 Å². The van der Waals surface area contributed by atoms with Crippen molar-refractivity contribution in [2.24, 2.45) is 5.92 Å². The van der Waals surface area contributed by atoms with E-state index in [1.807, 2.05) is 19.1 Å². The zero-order chi connectivity index (χ0) is 29.3. The van der Waals surface area contributed by atoms with E-state index >= 15 is 0 Å². The lowest BCUT2D eigenvalue weighted by molar-refractivity contribution is -0.136. The summed E-state index contributed by atoms with van der Waals surface area (Å²) in [5, 5.41) is 9.60. The molecule has 2 amide bonds. The molecule has 10 heteroatoms. The van der Waals surface area contributed by atoms with E-state index in [4.69, 9.17) is 16.3 Å². The molecular formula is C30H42ClFN4O4. The Labute approximate surface area is 242 Å². The summed E-state index contributed by atoms with van der Waals surface area (Å²) < 4.78 is 18.1. The summed E-state index contributed by atoms with van der Waals surface area (Å²) in [6.45, 7) is 3.82. The van der Waals surface area contributed by atoms with Crippen LogP contribution in [0.3, 0.4) is 0 Å². The van der Waals surface area contributed by atoms with Gasteiger partial charge in [0.25, 0.3) is 0 Å². The number of carbonyl (C=O) groups excluding carboxylic acids is 3. The Hall–Kier alpha value is -3.01. The second-order valence-corrected chi connectivity index (χ2v) is 10.3. The van der Waals surface area contributed by atoms with Gasteiger partial charge in [0.15, 0.2) is 0 Å². The van der Waals surface area contributed by atoms with Crippen molar-refractivity contribution < 1.29 is 23.5 Å². The van der Waals surface area contributed by atoms with Crippen molar-refractivity contribution in [2.75, 3.05) is 46.9 Å². The highest BCUT2D eigenvalue weighted by Crippen LogP contribution is 2.30. The number of ether oxygens (including phenoxy) is 1. The van der Waals surface area contributed by atoms with Crippen LogP contribution in [-0.2, 0) is 20.8 Å². The van der Waals surface area contributed by atoms with Gasteiger partial charge in [0.2, 0.25) is 11.8 Å². The van der Waals surface area contributed by atoms with E-state index < -0.39 is 0 Å². The van der Waals surface area contributed by atoms with E-state index in [-0.39, 0.29) is 30.2 Å². The van der Waals surface area contributed by atoms with Crippen molar-refractivity contribution in [3.63, 3.8) is 0 Å². The largest absolute Gasteiger partial charge is 0.492 e. The minimum Gasteiger partial charge on any atom is -0.492 e. The smallest absolute Gasteiger partial charge is 0.240 e. The lowest BCUT2D eigenvalue weighted by Gasteiger charge is -2.35. The van der Waals surface area contributed by atoms with Crippen molar-refractivity contribution >= 4 is 29.7 Å². The molecule has 3 N–H and O–H groups in total. The zero-order valence-electron chi connectivity index (χ0n) is 23.7. The molecule has 0 bridgehead atoms. The summed E-state index contributed by atoms with van der Waals surface area (Å²) in [6.07, 6.45) is 5.44. The molecule has 0 spiro atoms. The van der Waals surface area contributed by atoms with Crippen molar-refractivity contribution in [1.82, 2.24) is 20.9 Å². The average molecular weight is 577 g/mol. The highest BCUT2D eigenvalue weighted by atomic mass is 35.5. The number of amides is 2. The molecule has 2 aromatic rings. The molecule has 0 heterocycles. The van der Waals surface area contributed by atoms with Crippen LogP contribution in [0.15, 0.2) is 42.5 Å². The molecule has 2 aromatic carbocycles.